The zero-order chi connectivity index (χ0) is 15.8. The summed E-state index contributed by atoms with van der Waals surface area (Å²) in [4.78, 5) is 11.9. The monoisotopic (exact) mass is 289 g/mol. The first-order valence-electron chi connectivity index (χ1n) is 7.52. The van der Waals surface area contributed by atoms with E-state index in [1.807, 2.05) is 25.2 Å². The van der Waals surface area contributed by atoms with Crippen LogP contribution in [-0.4, -0.2) is 37.1 Å². The molecule has 4 heteroatoms. The van der Waals surface area contributed by atoms with Crippen LogP contribution in [0.3, 0.4) is 0 Å². The highest BCUT2D eigenvalue weighted by molar-refractivity contribution is 6.00. The Morgan fingerprint density at radius 1 is 1.24 bits per heavy atom. The van der Waals surface area contributed by atoms with Gasteiger partial charge in [-0.3, -0.25) is 0 Å². The van der Waals surface area contributed by atoms with E-state index in [0.717, 1.165) is 41.1 Å². The minimum absolute atomic E-state index is 0.654. The van der Waals surface area contributed by atoms with Crippen molar-refractivity contribution in [2.75, 3.05) is 20.2 Å². The molecule has 0 amide bonds. The van der Waals surface area contributed by atoms with Gasteiger partial charge in [0.15, 0.2) is 0 Å². The van der Waals surface area contributed by atoms with Crippen LogP contribution in [0.15, 0.2) is 22.3 Å². The first-order valence-corrected chi connectivity index (χ1v) is 7.52. The van der Waals surface area contributed by atoms with Crippen LogP contribution in [0.4, 0.5) is 5.69 Å². The molecule has 0 unspecified atom stereocenters. The lowest BCUT2D eigenvalue weighted by atomic mass is 10.0. The molecule has 21 heavy (non-hydrogen) atoms. The van der Waals surface area contributed by atoms with Gasteiger partial charge in [0.25, 0.3) is 0 Å². The van der Waals surface area contributed by atoms with Crippen LogP contribution in [0.5, 0.6) is 0 Å². The van der Waals surface area contributed by atoms with E-state index in [1.165, 1.54) is 0 Å². The highest BCUT2D eigenvalue weighted by atomic mass is 16.6. The fourth-order valence-electron chi connectivity index (χ4n) is 1.86. The minimum atomic E-state index is 0.654. The van der Waals surface area contributed by atoms with Crippen LogP contribution in [0.25, 0.3) is 0 Å². The second-order valence-electron chi connectivity index (χ2n) is 5.28. The Balaban J connectivity index is 2.99. The number of hydrogen-bond donors (Lipinski definition) is 0. The van der Waals surface area contributed by atoms with E-state index in [4.69, 9.17) is 4.84 Å². The summed E-state index contributed by atoms with van der Waals surface area (Å²) in [5.41, 5.74) is 5.32. The average molecular weight is 289 g/mol. The molecular weight excluding hydrogens is 262 g/mol. The molecule has 0 fully saturated rings. The highest BCUT2D eigenvalue weighted by Crippen LogP contribution is 2.23. The molecule has 1 aromatic rings. The number of nitrogens with zero attached hydrogens (tertiary/aromatic N) is 3. The Bertz CT molecular complexity index is 521. The van der Waals surface area contributed by atoms with Crippen molar-refractivity contribution < 1.29 is 4.84 Å². The van der Waals surface area contributed by atoms with E-state index in [0.29, 0.717) is 6.61 Å². The van der Waals surface area contributed by atoms with Gasteiger partial charge < -0.3 is 9.74 Å². The Morgan fingerprint density at radius 2 is 1.95 bits per heavy atom. The van der Waals surface area contributed by atoms with Gasteiger partial charge in [0, 0.05) is 19.2 Å². The van der Waals surface area contributed by atoms with Gasteiger partial charge in [0.1, 0.15) is 6.61 Å². The Hall–Kier alpha value is -1.84. The van der Waals surface area contributed by atoms with Gasteiger partial charge in [-0.25, -0.2) is 4.99 Å². The summed E-state index contributed by atoms with van der Waals surface area (Å²) in [5.74, 6) is 0. The molecule has 116 valence electrons. The summed E-state index contributed by atoms with van der Waals surface area (Å²) in [6.07, 6.45) is 2.83. The Kier molecular flexibility index (Phi) is 6.92. The van der Waals surface area contributed by atoms with Crippen molar-refractivity contribution in [1.82, 2.24) is 4.90 Å². The fourth-order valence-corrected chi connectivity index (χ4v) is 1.86. The maximum Gasteiger partial charge on any atom is 0.116 e. The maximum atomic E-state index is 5.27. The third kappa shape index (κ3) is 5.21. The number of benzene rings is 1. The van der Waals surface area contributed by atoms with Gasteiger partial charge in [-0.05, 0) is 57.4 Å². The smallest absolute Gasteiger partial charge is 0.116 e. The van der Waals surface area contributed by atoms with Crippen LogP contribution >= 0.6 is 0 Å². The van der Waals surface area contributed by atoms with Crippen LogP contribution in [0.2, 0.25) is 0 Å². The average Bonchev–Trinajstić information content (AvgIpc) is 2.47. The molecule has 1 aromatic carbocycles. The van der Waals surface area contributed by atoms with Gasteiger partial charge in [0.05, 0.1) is 17.7 Å². The maximum absolute atomic E-state index is 5.27. The van der Waals surface area contributed by atoms with Gasteiger partial charge in [-0.15, -0.1) is 0 Å². The van der Waals surface area contributed by atoms with Crippen molar-refractivity contribution in [1.29, 1.82) is 0 Å². The van der Waals surface area contributed by atoms with Gasteiger partial charge >= 0.3 is 0 Å². The van der Waals surface area contributed by atoms with Crippen LogP contribution < -0.4 is 0 Å². The third-order valence-corrected chi connectivity index (χ3v) is 3.32. The molecule has 4 nitrogen and oxygen atoms in total. The quantitative estimate of drug-likeness (QED) is 0.328. The molecule has 0 N–H and O–H groups in total. The fraction of sp³-hybridized carbons (Fsp3) is 0.529. The van der Waals surface area contributed by atoms with E-state index >= 15 is 0 Å². The Morgan fingerprint density at radius 3 is 2.57 bits per heavy atom. The number of aryl methyl sites for hydroxylation is 2. The normalized spacial score (nSPS) is 12.0. The molecule has 0 aromatic heterocycles. The summed E-state index contributed by atoms with van der Waals surface area (Å²) >= 11 is 0. The summed E-state index contributed by atoms with van der Waals surface area (Å²) in [6, 6.07) is 4.23. The number of oxime groups is 1. The molecule has 0 aliphatic heterocycles. The standard InChI is InChI=1S/C17H27N3O/c1-7-9-21-19-15(5)16-10-14(4)17(11-13(16)3)18-12-20(6)8-2/h10-12H,7-9H2,1-6H3/b18-12?,19-15+. The molecular formula is C17H27N3O. The van der Waals surface area contributed by atoms with Crippen molar-refractivity contribution in [3.8, 4) is 0 Å². The summed E-state index contributed by atoms with van der Waals surface area (Å²) < 4.78 is 0. The summed E-state index contributed by atoms with van der Waals surface area (Å²) in [7, 11) is 2.02. The lowest BCUT2D eigenvalue weighted by Crippen LogP contribution is -2.14. The van der Waals surface area contributed by atoms with Gasteiger partial charge in [-0.2, -0.15) is 0 Å². The summed E-state index contributed by atoms with van der Waals surface area (Å²) in [5, 5.41) is 4.17. The lowest BCUT2D eigenvalue weighted by Gasteiger charge is -2.11. The van der Waals surface area contributed by atoms with Gasteiger partial charge in [-0.1, -0.05) is 12.1 Å². The summed E-state index contributed by atoms with van der Waals surface area (Å²) in [6.45, 7) is 11.9. The predicted octanol–water partition coefficient (Wildman–Crippen LogP) is 4.07. The van der Waals surface area contributed by atoms with Gasteiger partial charge in [0.2, 0.25) is 0 Å². The molecule has 0 saturated carbocycles. The molecule has 0 atom stereocenters. The number of aliphatic imine (C=N–C) groups is 1. The second-order valence-corrected chi connectivity index (χ2v) is 5.28. The van der Waals surface area contributed by atoms with E-state index in [-0.39, 0.29) is 0 Å². The van der Waals surface area contributed by atoms with Crippen molar-refractivity contribution >= 4 is 17.7 Å². The van der Waals surface area contributed by atoms with E-state index in [9.17, 15) is 0 Å². The lowest BCUT2D eigenvalue weighted by molar-refractivity contribution is 0.145. The zero-order valence-electron chi connectivity index (χ0n) is 14.1. The van der Waals surface area contributed by atoms with Crippen LogP contribution in [-0.2, 0) is 4.84 Å². The number of rotatable bonds is 7. The van der Waals surface area contributed by atoms with Crippen molar-refractivity contribution in [3.63, 3.8) is 0 Å². The molecule has 0 aliphatic carbocycles. The predicted molar refractivity (Wildman–Crippen MR) is 90.8 cm³/mol. The van der Waals surface area contributed by atoms with Crippen LogP contribution in [0.1, 0.15) is 43.9 Å². The molecule has 0 saturated heterocycles. The molecule has 0 aliphatic rings. The first kappa shape index (κ1) is 17.2. The topological polar surface area (TPSA) is 37.2 Å². The van der Waals surface area contributed by atoms with Crippen LogP contribution in [0, 0.1) is 13.8 Å². The molecule has 1 rings (SSSR count). The van der Waals surface area contributed by atoms with E-state index < -0.39 is 0 Å². The highest BCUT2D eigenvalue weighted by Gasteiger charge is 2.07. The molecule has 0 bridgehead atoms. The number of hydrogen-bond acceptors (Lipinski definition) is 3. The van der Waals surface area contributed by atoms with Crippen molar-refractivity contribution in [2.24, 2.45) is 10.1 Å². The van der Waals surface area contributed by atoms with E-state index in [2.05, 4.69) is 50.0 Å². The zero-order valence-corrected chi connectivity index (χ0v) is 14.1. The van der Waals surface area contributed by atoms with Crippen molar-refractivity contribution in [3.05, 3.63) is 28.8 Å². The largest absolute Gasteiger partial charge is 0.396 e. The third-order valence-electron chi connectivity index (χ3n) is 3.32. The molecule has 0 radical (unpaired) electrons. The van der Waals surface area contributed by atoms with E-state index in [1.54, 1.807) is 0 Å². The molecule has 0 spiro atoms. The van der Waals surface area contributed by atoms with Crippen molar-refractivity contribution in [2.45, 2.75) is 41.0 Å². The SMILES string of the molecule is CCCO/N=C(\C)c1cc(C)c(N=CN(C)CC)cc1C. The minimum Gasteiger partial charge on any atom is -0.396 e. The first-order chi connectivity index (χ1) is 9.99. The second kappa shape index (κ2) is 8.45. The molecule has 0 heterocycles. The Labute approximate surface area is 128 Å².